The van der Waals surface area contributed by atoms with Crippen molar-refractivity contribution >= 4 is 34.9 Å². The Hall–Kier alpha value is -2.86. The van der Waals surface area contributed by atoms with E-state index in [0.717, 1.165) is 17.7 Å². The summed E-state index contributed by atoms with van der Waals surface area (Å²) in [6.45, 7) is 0. The van der Waals surface area contributed by atoms with Gasteiger partial charge in [0.2, 0.25) is 17.5 Å². The van der Waals surface area contributed by atoms with Gasteiger partial charge in [0.15, 0.2) is 0 Å². The molecule has 26 heavy (non-hydrogen) atoms. The van der Waals surface area contributed by atoms with Crippen LogP contribution < -0.4 is 11.1 Å². The molecule has 0 saturated heterocycles. The Balaban J connectivity index is 1.55. The first-order valence-corrected chi connectivity index (χ1v) is 9.13. The van der Waals surface area contributed by atoms with E-state index in [1.807, 2.05) is 0 Å². The van der Waals surface area contributed by atoms with Crippen LogP contribution in [0.2, 0.25) is 0 Å². The predicted molar refractivity (Wildman–Crippen MR) is 100.0 cm³/mol. The number of anilines is 1. The molecular formula is C20H16N2O3S. The maximum Gasteiger partial charge on any atom is 0.227 e. The second-order valence-corrected chi connectivity index (χ2v) is 7.42. The summed E-state index contributed by atoms with van der Waals surface area (Å²) in [5.41, 5.74) is 7.35. The largest absolute Gasteiger partial charge is 0.395 e. The number of carbonyl (C=O) groups excluding carboxylic acids is 3. The van der Waals surface area contributed by atoms with Crippen LogP contribution in [0.5, 0.6) is 0 Å². The molecule has 1 amide bonds. The summed E-state index contributed by atoms with van der Waals surface area (Å²) in [7, 11) is 0. The first kappa shape index (κ1) is 16.6. The standard InChI is InChI=1S/C20H16N2O3S/c21-16-17(23)14-3-1-2-4-15(14)18(24)19(16)26-13-9-7-12(8-10-13)22-20(25)11-5-6-11/h1-4,7-11H,5-6,21H2,(H,22,25). The van der Waals surface area contributed by atoms with Crippen molar-refractivity contribution in [1.29, 1.82) is 0 Å². The van der Waals surface area contributed by atoms with Crippen molar-refractivity contribution in [2.75, 3.05) is 5.32 Å². The lowest BCUT2D eigenvalue weighted by Crippen LogP contribution is -2.25. The van der Waals surface area contributed by atoms with Gasteiger partial charge in [-0.05, 0) is 37.1 Å². The Bertz CT molecular complexity index is 959. The minimum Gasteiger partial charge on any atom is -0.395 e. The highest BCUT2D eigenvalue weighted by atomic mass is 32.2. The predicted octanol–water partition coefficient (Wildman–Crippen LogP) is 3.38. The molecule has 0 spiro atoms. The minimum atomic E-state index is -0.323. The number of benzene rings is 2. The van der Waals surface area contributed by atoms with Crippen molar-refractivity contribution in [3.8, 4) is 0 Å². The first-order valence-electron chi connectivity index (χ1n) is 8.31. The van der Waals surface area contributed by atoms with E-state index in [4.69, 9.17) is 5.73 Å². The molecule has 0 aromatic heterocycles. The van der Waals surface area contributed by atoms with Gasteiger partial charge in [-0.25, -0.2) is 0 Å². The zero-order chi connectivity index (χ0) is 18.3. The molecule has 0 aliphatic heterocycles. The highest BCUT2D eigenvalue weighted by Crippen LogP contribution is 2.36. The summed E-state index contributed by atoms with van der Waals surface area (Å²) in [5.74, 6) is -0.383. The number of rotatable bonds is 4. The van der Waals surface area contributed by atoms with E-state index in [1.165, 1.54) is 11.8 Å². The smallest absolute Gasteiger partial charge is 0.227 e. The number of carbonyl (C=O) groups is 3. The van der Waals surface area contributed by atoms with E-state index in [9.17, 15) is 14.4 Å². The third-order valence-electron chi connectivity index (χ3n) is 4.40. The number of Topliss-reactive ketones (excluding diaryl/α,β-unsaturated/α-hetero) is 2. The number of nitrogens with one attached hydrogen (secondary N) is 1. The topological polar surface area (TPSA) is 89.3 Å². The Morgan fingerprint density at radius 1 is 0.962 bits per heavy atom. The van der Waals surface area contributed by atoms with Gasteiger partial charge in [-0.2, -0.15) is 0 Å². The molecule has 2 aromatic carbocycles. The number of allylic oxidation sites excluding steroid dienone is 2. The zero-order valence-corrected chi connectivity index (χ0v) is 14.6. The van der Waals surface area contributed by atoms with E-state index in [-0.39, 0.29) is 34.0 Å². The average molecular weight is 364 g/mol. The van der Waals surface area contributed by atoms with Gasteiger partial charge in [0.1, 0.15) is 0 Å². The highest BCUT2D eigenvalue weighted by Gasteiger charge is 2.31. The van der Waals surface area contributed by atoms with Gasteiger partial charge in [0, 0.05) is 27.6 Å². The van der Waals surface area contributed by atoms with Crippen molar-refractivity contribution in [2.24, 2.45) is 11.7 Å². The molecule has 2 aliphatic carbocycles. The van der Waals surface area contributed by atoms with Crippen LogP contribution >= 0.6 is 11.8 Å². The molecule has 2 aliphatic rings. The molecule has 0 radical (unpaired) electrons. The fourth-order valence-corrected chi connectivity index (χ4v) is 3.70. The third-order valence-corrected chi connectivity index (χ3v) is 5.52. The number of nitrogens with two attached hydrogens (primary N) is 1. The van der Waals surface area contributed by atoms with E-state index >= 15 is 0 Å². The van der Waals surface area contributed by atoms with Crippen LogP contribution in [0.25, 0.3) is 0 Å². The molecule has 0 atom stereocenters. The molecule has 3 N–H and O–H groups in total. The van der Waals surface area contributed by atoms with E-state index < -0.39 is 0 Å². The van der Waals surface area contributed by atoms with Crippen molar-refractivity contribution in [2.45, 2.75) is 17.7 Å². The van der Waals surface area contributed by atoms with Crippen LogP contribution in [-0.2, 0) is 4.79 Å². The van der Waals surface area contributed by atoms with Crippen LogP contribution in [0.3, 0.4) is 0 Å². The molecule has 0 unspecified atom stereocenters. The summed E-state index contributed by atoms with van der Waals surface area (Å²) in [5, 5.41) is 2.87. The van der Waals surface area contributed by atoms with Gasteiger partial charge in [-0.1, -0.05) is 36.0 Å². The number of hydrogen-bond acceptors (Lipinski definition) is 5. The molecule has 1 fully saturated rings. The molecule has 6 heteroatoms. The minimum absolute atomic E-state index is 0.0233. The summed E-state index contributed by atoms with van der Waals surface area (Å²) in [6.07, 6.45) is 1.90. The number of thioether (sulfide) groups is 1. The first-order chi connectivity index (χ1) is 12.5. The Morgan fingerprint density at radius 3 is 2.19 bits per heavy atom. The van der Waals surface area contributed by atoms with Crippen molar-refractivity contribution in [3.63, 3.8) is 0 Å². The maximum atomic E-state index is 12.7. The van der Waals surface area contributed by atoms with Crippen molar-refractivity contribution in [1.82, 2.24) is 0 Å². The maximum absolute atomic E-state index is 12.7. The lowest BCUT2D eigenvalue weighted by Gasteiger charge is -2.18. The van der Waals surface area contributed by atoms with Crippen LogP contribution in [0.15, 0.2) is 64.0 Å². The SMILES string of the molecule is NC1=C(Sc2ccc(NC(=O)C3CC3)cc2)C(=O)c2ccccc2C1=O. The fourth-order valence-electron chi connectivity index (χ4n) is 2.79. The lowest BCUT2D eigenvalue weighted by molar-refractivity contribution is -0.117. The monoisotopic (exact) mass is 364 g/mol. The summed E-state index contributed by atoms with van der Waals surface area (Å²) >= 11 is 1.17. The molecule has 0 bridgehead atoms. The Labute approximate surface area is 154 Å². The lowest BCUT2D eigenvalue weighted by atomic mass is 9.93. The van der Waals surface area contributed by atoms with Crippen molar-refractivity contribution in [3.05, 3.63) is 70.3 Å². The number of amides is 1. The van der Waals surface area contributed by atoms with Gasteiger partial charge >= 0.3 is 0 Å². The number of hydrogen-bond donors (Lipinski definition) is 2. The van der Waals surface area contributed by atoms with Gasteiger partial charge < -0.3 is 11.1 Å². The molecule has 0 heterocycles. The second-order valence-electron chi connectivity index (χ2n) is 6.34. The number of fused-ring (bicyclic) bond motifs is 1. The van der Waals surface area contributed by atoms with Crippen LogP contribution in [-0.4, -0.2) is 17.5 Å². The average Bonchev–Trinajstić information content (AvgIpc) is 3.50. The molecule has 5 nitrogen and oxygen atoms in total. The Kier molecular flexibility index (Phi) is 4.12. The van der Waals surface area contributed by atoms with Crippen LogP contribution in [0.4, 0.5) is 5.69 Å². The summed E-state index contributed by atoms with van der Waals surface area (Å²) in [4.78, 5) is 37.9. The molecular weight excluding hydrogens is 348 g/mol. The fraction of sp³-hybridized carbons (Fsp3) is 0.150. The second kappa shape index (κ2) is 6.46. The highest BCUT2D eigenvalue weighted by molar-refractivity contribution is 8.04. The summed E-state index contributed by atoms with van der Waals surface area (Å²) < 4.78 is 0. The van der Waals surface area contributed by atoms with Crippen LogP contribution in [0.1, 0.15) is 33.6 Å². The Morgan fingerprint density at radius 2 is 1.58 bits per heavy atom. The van der Waals surface area contributed by atoms with Gasteiger partial charge in [-0.3, -0.25) is 14.4 Å². The van der Waals surface area contributed by atoms with Gasteiger partial charge in [0.25, 0.3) is 0 Å². The van der Waals surface area contributed by atoms with Crippen LogP contribution in [0, 0.1) is 5.92 Å². The number of ketones is 2. The molecule has 130 valence electrons. The zero-order valence-electron chi connectivity index (χ0n) is 13.8. The molecule has 4 rings (SSSR count). The normalized spacial score (nSPS) is 16.5. The summed E-state index contributed by atoms with van der Waals surface area (Å²) in [6, 6.07) is 13.8. The van der Waals surface area contributed by atoms with E-state index in [2.05, 4.69) is 5.32 Å². The van der Waals surface area contributed by atoms with Gasteiger partial charge in [-0.15, -0.1) is 0 Å². The third kappa shape index (κ3) is 3.04. The van der Waals surface area contributed by atoms with E-state index in [0.29, 0.717) is 16.8 Å². The van der Waals surface area contributed by atoms with E-state index in [1.54, 1.807) is 48.5 Å². The van der Waals surface area contributed by atoms with Crippen molar-refractivity contribution < 1.29 is 14.4 Å². The molecule has 1 saturated carbocycles. The van der Waals surface area contributed by atoms with Gasteiger partial charge in [0.05, 0.1) is 10.6 Å². The quantitative estimate of drug-likeness (QED) is 0.868. The molecule has 2 aromatic rings.